The molecule has 0 bridgehead atoms. The lowest BCUT2D eigenvalue weighted by Crippen LogP contribution is -2.28. The molecule has 0 aromatic heterocycles. The number of thioether (sulfide) groups is 1. The van der Waals surface area contributed by atoms with E-state index in [9.17, 15) is 0 Å². The van der Waals surface area contributed by atoms with Crippen molar-refractivity contribution in [2.75, 3.05) is 18.1 Å². The maximum Gasteiger partial charge on any atom is 0.0545 e. The molecule has 2 heteroatoms. The molecule has 1 N–H and O–H groups in total. The van der Waals surface area contributed by atoms with Gasteiger partial charge in [-0.1, -0.05) is 31.6 Å². The zero-order chi connectivity index (χ0) is 11.6. The highest BCUT2D eigenvalue weighted by Crippen LogP contribution is 2.28. The van der Waals surface area contributed by atoms with E-state index in [-0.39, 0.29) is 0 Å². The van der Waals surface area contributed by atoms with Gasteiger partial charge in [0.25, 0.3) is 0 Å². The van der Waals surface area contributed by atoms with E-state index < -0.39 is 0 Å². The second-order valence-electron chi connectivity index (χ2n) is 4.84. The first-order valence-corrected chi connectivity index (χ1v) is 7.73. The van der Waals surface area contributed by atoms with Gasteiger partial charge >= 0.3 is 0 Å². The Morgan fingerprint density at radius 1 is 1.44 bits per heavy atom. The second-order valence-corrected chi connectivity index (χ2v) is 5.94. The van der Waals surface area contributed by atoms with Crippen LogP contribution in [0.5, 0.6) is 0 Å². The summed E-state index contributed by atoms with van der Waals surface area (Å²) in [4.78, 5) is 0. The number of rotatable bonds is 8. The third kappa shape index (κ3) is 6.45. The first-order valence-electron chi connectivity index (χ1n) is 6.57. The molecule has 1 aliphatic carbocycles. The maximum atomic E-state index is 5.20. The molecule has 1 nitrogen and oxygen atoms in total. The number of hydrogen-bond donors (Lipinski definition) is 1. The Kier molecular flexibility index (Phi) is 7.80. The number of nitrogens with one attached hydrogen (secondary N) is 1. The Morgan fingerprint density at radius 3 is 2.88 bits per heavy atom. The van der Waals surface area contributed by atoms with E-state index in [2.05, 4.69) is 18.2 Å². The van der Waals surface area contributed by atoms with Gasteiger partial charge < -0.3 is 5.32 Å². The average molecular weight is 239 g/mol. The van der Waals surface area contributed by atoms with Crippen molar-refractivity contribution in [1.29, 1.82) is 0 Å². The standard InChI is InChI=1S/C14H25NS/c1-3-11-16-12-10-15-13(2)8-9-14-6-4-5-7-14/h1,13-15H,4-12H2,2H3. The highest BCUT2D eigenvalue weighted by molar-refractivity contribution is 7.99. The summed E-state index contributed by atoms with van der Waals surface area (Å²) in [5, 5.41) is 3.58. The molecule has 1 rings (SSSR count). The van der Waals surface area contributed by atoms with E-state index in [1.165, 1.54) is 38.5 Å². The predicted octanol–water partition coefficient (Wildman–Crippen LogP) is 3.30. The highest BCUT2D eigenvalue weighted by atomic mass is 32.2. The van der Waals surface area contributed by atoms with E-state index in [1.54, 1.807) is 0 Å². The second kappa shape index (κ2) is 8.96. The molecule has 1 saturated carbocycles. The summed E-state index contributed by atoms with van der Waals surface area (Å²) >= 11 is 1.84. The molecule has 0 spiro atoms. The van der Waals surface area contributed by atoms with E-state index in [0.717, 1.165) is 24.0 Å². The minimum Gasteiger partial charge on any atom is -0.313 e. The summed E-state index contributed by atoms with van der Waals surface area (Å²) in [5.74, 6) is 5.66. The van der Waals surface area contributed by atoms with Crippen molar-refractivity contribution >= 4 is 11.8 Å². The zero-order valence-electron chi connectivity index (χ0n) is 10.5. The highest BCUT2D eigenvalue weighted by Gasteiger charge is 2.15. The molecule has 0 amide bonds. The fourth-order valence-electron chi connectivity index (χ4n) is 2.40. The molecule has 0 aliphatic heterocycles. The van der Waals surface area contributed by atoms with Gasteiger partial charge in [0, 0.05) is 18.3 Å². The van der Waals surface area contributed by atoms with Crippen LogP contribution in [0.2, 0.25) is 0 Å². The number of hydrogen-bond acceptors (Lipinski definition) is 2. The number of terminal acetylenes is 1. The molecule has 1 unspecified atom stereocenters. The summed E-state index contributed by atoms with van der Waals surface area (Å²) < 4.78 is 0. The lowest BCUT2D eigenvalue weighted by molar-refractivity contribution is 0.426. The van der Waals surface area contributed by atoms with Crippen LogP contribution in [-0.2, 0) is 0 Å². The Hall–Kier alpha value is -0.130. The van der Waals surface area contributed by atoms with E-state index in [4.69, 9.17) is 6.42 Å². The van der Waals surface area contributed by atoms with Gasteiger partial charge in [-0.05, 0) is 25.7 Å². The summed E-state index contributed by atoms with van der Waals surface area (Å²) in [7, 11) is 0. The predicted molar refractivity (Wildman–Crippen MR) is 74.8 cm³/mol. The summed E-state index contributed by atoms with van der Waals surface area (Å²) in [6.07, 6.45) is 13.8. The Bertz CT molecular complexity index is 203. The zero-order valence-corrected chi connectivity index (χ0v) is 11.3. The van der Waals surface area contributed by atoms with Crippen LogP contribution >= 0.6 is 11.8 Å². The van der Waals surface area contributed by atoms with Crippen LogP contribution in [0.15, 0.2) is 0 Å². The summed E-state index contributed by atoms with van der Waals surface area (Å²) in [5.41, 5.74) is 0. The molecule has 92 valence electrons. The molecule has 0 aromatic carbocycles. The van der Waals surface area contributed by atoms with Crippen molar-refractivity contribution in [1.82, 2.24) is 5.32 Å². The molecule has 1 atom stereocenters. The van der Waals surface area contributed by atoms with Crippen molar-refractivity contribution in [3.8, 4) is 12.3 Å². The van der Waals surface area contributed by atoms with E-state index in [1.807, 2.05) is 11.8 Å². The van der Waals surface area contributed by atoms with Gasteiger partial charge in [0.2, 0.25) is 0 Å². The molecular formula is C14H25NS. The maximum absolute atomic E-state index is 5.20. The smallest absolute Gasteiger partial charge is 0.0545 e. The average Bonchev–Trinajstić information content (AvgIpc) is 2.79. The van der Waals surface area contributed by atoms with Crippen molar-refractivity contribution in [3.63, 3.8) is 0 Å². The van der Waals surface area contributed by atoms with Gasteiger partial charge in [0.05, 0.1) is 5.75 Å². The third-order valence-electron chi connectivity index (χ3n) is 3.41. The van der Waals surface area contributed by atoms with Crippen LogP contribution in [0, 0.1) is 18.3 Å². The van der Waals surface area contributed by atoms with Crippen LogP contribution in [-0.4, -0.2) is 24.1 Å². The van der Waals surface area contributed by atoms with Gasteiger partial charge in [-0.15, -0.1) is 18.2 Å². The normalized spacial score (nSPS) is 18.5. The van der Waals surface area contributed by atoms with Crippen molar-refractivity contribution in [2.24, 2.45) is 5.92 Å². The molecular weight excluding hydrogens is 214 g/mol. The molecule has 16 heavy (non-hydrogen) atoms. The minimum absolute atomic E-state index is 0.673. The fraction of sp³-hybridized carbons (Fsp3) is 0.857. The molecule has 0 radical (unpaired) electrons. The van der Waals surface area contributed by atoms with E-state index >= 15 is 0 Å². The largest absolute Gasteiger partial charge is 0.313 e. The van der Waals surface area contributed by atoms with Gasteiger partial charge in [-0.25, -0.2) is 0 Å². The fourth-order valence-corrected chi connectivity index (χ4v) is 2.92. The first kappa shape index (κ1) is 13.9. The van der Waals surface area contributed by atoms with Crippen molar-refractivity contribution in [3.05, 3.63) is 0 Å². The van der Waals surface area contributed by atoms with E-state index in [0.29, 0.717) is 6.04 Å². The molecule has 0 aromatic rings. The van der Waals surface area contributed by atoms with Crippen molar-refractivity contribution < 1.29 is 0 Å². The molecule has 1 fully saturated rings. The van der Waals surface area contributed by atoms with Gasteiger partial charge in [0.1, 0.15) is 0 Å². The Balaban J connectivity index is 1.90. The molecule has 0 heterocycles. The lowest BCUT2D eigenvalue weighted by atomic mass is 9.99. The first-order chi connectivity index (χ1) is 7.83. The Morgan fingerprint density at radius 2 is 2.19 bits per heavy atom. The minimum atomic E-state index is 0.673. The van der Waals surface area contributed by atoms with Crippen LogP contribution in [0.4, 0.5) is 0 Å². The van der Waals surface area contributed by atoms with Crippen LogP contribution in [0.25, 0.3) is 0 Å². The van der Waals surface area contributed by atoms with Crippen molar-refractivity contribution in [2.45, 2.75) is 51.5 Å². The summed E-state index contributed by atoms with van der Waals surface area (Å²) in [6, 6.07) is 0.673. The molecule has 0 saturated heterocycles. The SMILES string of the molecule is C#CCSCCNC(C)CCC1CCCC1. The monoisotopic (exact) mass is 239 g/mol. The van der Waals surface area contributed by atoms with Crippen LogP contribution in [0.1, 0.15) is 45.4 Å². The van der Waals surface area contributed by atoms with Crippen LogP contribution < -0.4 is 5.32 Å². The lowest BCUT2D eigenvalue weighted by Gasteiger charge is -2.16. The van der Waals surface area contributed by atoms with Gasteiger partial charge in [0.15, 0.2) is 0 Å². The van der Waals surface area contributed by atoms with Crippen LogP contribution in [0.3, 0.4) is 0 Å². The Labute approximate surface area is 105 Å². The van der Waals surface area contributed by atoms with Gasteiger partial charge in [-0.3, -0.25) is 0 Å². The quantitative estimate of drug-likeness (QED) is 0.515. The topological polar surface area (TPSA) is 12.0 Å². The molecule has 1 aliphatic rings. The van der Waals surface area contributed by atoms with Gasteiger partial charge in [-0.2, -0.15) is 0 Å². The summed E-state index contributed by atoms with van der Waals surface area (Å²) in [6.45, 7) is 3.40. The third-order valence-corrected chi connectivity index (χ3v) is 4.27.